The summed E-state index contributed by atoms with van der Waals surface area (Å²) in [5.41, 5.74) is 7.09. The van der Waals surface area contributed by atoms with E-state index < -0.39 is 6.04 Å². The number of fused-ring (bicyclic) bond motifs is 1. The van der Waals surface area contributed by atoms with E-state index in [9.17, 15) is 9.59 Å². The van der Waals surface area contributed by atoms with Gasteiger partial charge in [0.15, 0.2) is 5.78 Å². The van der Waals surface area contributed by atoms with Crippen molar-refractivity contribution in [1.29, 1.82) is 0 Å². The zero-order valence-electron chi connectivity index (χ0n) is 21.7. The van der Waals surface area contributed by atoms with E-state index in [1.165, 1.54) is 5.56 Å². The summed E-state index contributed by atoms with van der Waals surface area (Å²) in [4.78, 5) is 34.2. The average Bonchev–Trinajstić information content (AvgIpc) is 3.12. The molecule has 2 heterocycles. The molecule has 1 aliphatic carbocycles. The lowest BCUT2D eigenvalue weighted by atomic mass is 9.78. The fourth-order valence-corrected chi connectivity index (χ4v) is 5.57. The van der Waals surface area contributed by atoms with Gasteiger partial charge < -0.3 is 5.32 Å². The third-order valence-electron chi connectivity index (χ3n) is 7.49. The highest BCUT2D eigenvalue weighted by atomic mass is 16.2. The second kappa shape index (κ2) is 10.5. The van der Waals surface area contributed by atoms with Gasteiger partial charge in [-0.2, -0.15) is 0 Å². The van der Waals surface area contributed by atoms with Crippen LogP contribution in [0.4, 0.5) is 11.4 Å². The minimum absolute atomic E-state index is 0.0424. The molecule has 3 aromatic carbocycles. The summed E-state index contributed by atoms with van der Waals surface area (Å²) < 4.78 is 0. The van der Waals surface area contributed by atoms with Crippen LogP contribution in [-0.2, 0) is 9.59 Å². The van der Waals surface area contributed by atoms with Crippen molar-refractivity contribution in [3.8, 4) is 0 Å². The van der Waals surface area contributed by atoms with Crippen LogP contribution in [0.1, 0.15) is 47.1 Å². The molecule has 4 aromatic rings. The molecule has 0 bridgehead atoms. The van der Waals surface area contributed by atoms with Gasteiger partial charge in [-0.15, -0.1) is 0 Å². The van der Waals surface area contributed by atoms with Gasteiger partial charge in [0.25, 0.3) is 5.91 Å². The van der Waals surface area contributed by atoms with Crippen LogP contribution in [0.3, 0.4) is 0 Å². The number of benzene rings is 3. The SMILES string of the molecule is Cc1ccc([C@@H]2CC(=O)C3=C(C2)Nc2ccccc2N(C(=O)/C=C/c2ccccc2)[C@@H]3c2cccnc2)cc1. The van der Waals surface area contributed by atoms with E-state index in [2.05, 4.69) is 41.5 Å². The first-order valence-electron chi connectivity index (χ1n) is 13.2. The Morgan fingerprint density at radius 2 is 1.67 bits per heavy atom. The summed E-state index contributed by atoms with van der Waals surface area (Å²) in [6, 6.07) is 29.1. The number of hydrogen-bond acceptors (Lipinski definition) is 4. The maximum absolute atomic E-state index is 14.0. The molecule has 0 spiro atoms. The fourth-order valence-electron chi connectivity index (χ4n) is 5.57. The summed E-state index contributed by atoms with van der Waals surface area (Å²) in [7, 11) is 0. The summed E-state index contributed by atoms with van der Waals surface area (Å²) in [5, 5.41) is 3.58. The van der Waals surface area contributed by atoms with Crippen LogP contribution in [0.5, 0.6) is 0 Å². The molecule has 0 unspecified atom stereocenters. The van der Waals surface area contributed by atoms with E-state index in [-0.39, 0.29) is 17.6 Å². The Balaban J connectivity index is 1.49. The number of amides is 1. The highest BCUT2D eigenvalue weighted by Gasteiger charge is 2.41. The number of para-hydroxylation sites is 2. The first-order valence-corrected chi connectivity index (χ1v) is 13.2. The van der Waals surface area contributed by atoms with Crippen LogP contribution in [0.25, 0.3) is 6.08 Å². The smallest absolute Gasteiger partial charge is 0.251 e. The molecule has 5 heteroatoms. The number of nitrogens with zero attached hydrogens (tertiary/aromatic N) is 2. The first kappa shape index (κ1) is 24.6. The summed E-state index contributed by atoms with van der Waals surface area (Å²) in [5.74, 6) is -0.101. The third kappa shape index (κ3) is 4.91. The van der Waals surface area contributed by atoms with Crippen molar-refractivity contribution in [2.24, 2.45) is 0 Å². The Hall–Kier alpha value is -4.77. The molecule has 0 radical (unpaired) electrons. The van der Waals surface area contributed by atoms with E-state index in [1.54, 1.807) is 23.4 Å². The van der Waals surface area contributed by atoms with Gasteiger partial charge in [-0.25, -0.2) is 0 Å². The average molecular weight is 512 g/mol. The van der Waals surface area contributed by atoms with Gasteiger partial charge in [-0.3, -0.25) is 19.5 Å². The molecule has 0 fully saturated rings. The Morgan fingerprint density at radius 1 is 0.897 bits per heavy atom. The van der Waals surface area contributed by atoms with Gasteiger partial charge in [0.2, 0.25) is 0 Å². The molecule has 6 rings (SSSR count). The van der Waals surface area contributed by atoms with Crippen molar-refractivity contribution in [2.75, 3.05) is 10.2 Å². The molecule has 5 nitrogen and oxygen atoms in total. The van der Waals surface area contributed by atoms with Crippen molar-refractivity contribution in [1.82, 2.24) is 4.98 Å². The second-order valence-electron chi connectivity index (χ2n) is 10.1. The maximum Gasteiger partial charge on any atom is 0.251 e. The highest BCUT2D eigenvalue weighted by molar-refractivity contribution is 6.10. The molecule has 1 amide bonds. The number of carbonyl (C=O) groups is 2. The Bertz CT molecular complexity index is 1570. The molecule has 39 heavy (non-hydrogen) atoms. The van der Waals surface area contributed by atoms with Crippen LogP contribution < -0.4 is 10.2 Å². The number of pyridine rings is 1. The van der Waals surface area contributed by atoms with E-state index in [0.29, 0.717) is 18.4 Å². The quantitative estimate of drug-likeness (QED) is 0.300. The van der Waals surface area contributed by atoms with Gasteiger partial charge in [-0.1, -0.05) is 78.4 Å². The van der Waals surface area contributed by atoms with Gasteiger partial charge in [0.1, 0.15) is 0 Å². The Kier molecular flexibility index (Phi) is 6.64. The molecule has 1 aliphatic heterocycles. The topological polar surface area (TPSA) is 62.3 Å². The molecule has 192 valence electrons. The minimum Gasteiger partial charge on any atom is -0.357 e. The summed E-state index contributed by atoms with van der Waals surface area (Å²) in [6.45, 7) is 2.07. The largest absolute Gasteiger partial charge is 0.357 e. The van der Waals surface area contributed by atoms with Gasteiger partial charge in [-0.05, 0) is 60.2 Å². The number of Topliss-reactive ketones (excluding diaryl/α,β-unsaturated/α-hetero) is 1. The number of rotatable bonds is 4. The lowest BCUT2D eigenvalue weighted by Gasteiger charge is -2.34. The predicted octanol–water partition coefficient (Wildman–Crippen LogP) is 7.00. The van der Waals surface area contributed by atoms with E-state index >= 15 is 0 Å². The van der Waals surface area contributed by atoms with Gasteiger partial charge >= 0.3 is 0 Å². The third-order valence-corrected chi connectivity index (χ3v) is 7.49. The van der Waals surface area contributed by atoms with Gasteiger partial charge in [0.05, 0.1) is 17.4 Å². The molecule has 0 saturated heterocycles. The van der Waals surface area contributed by atoms with Crippen LogP contribution in [0.15, 0.2) is 121 Å². The number of aryl methyl sites for hydroxylation is 1. The van der Waals surface area contributed by atoms with Crippen LogP contribution >= 0.6 is 0 Å². The lowest BCUT2D eigenvalue weighted by Crippen LogP contribution is -2.37. The monoisotopic (exact) mass is 511 g/mol. The number of allylic oxidation sites excluding steroid dienone is 1. The number of nitrogens with one attached hydrogen (secondary N) is 1. The molecular weight excluding hydrogens is 482 g/mol. The maximum atomic E-state index is 14.0. The molecule has 2 aliphatic rings. The fraction of sp³-hybridized carbons (Fsp3) is 0.147. The van der Waals surface area contributed by atoms with Crippen molar-refractivity contribution in [3.05, 3.63) is 143 Å². The molecule has 1 N–H and O–H groups in total. The second-order valence-corrected chi connectivity index (χ2v) is 10.1. The highest BCUT2D eigenvalue weighted by Crippen LogP contribution is 2.47. The predicted molar refractivity (Wildman–Crippen MR) is 155 cm³/mol. The lowest BCUT2D eigenvalue weighted by molar-refractivity contribution is -0.116. The minimum atomic E-state index is -0.607. The summed E-state index contributed by atoms with van der Waals surface area (Å²) >= 11 is 0. The molecule has 1 aromatic heterocycles. The zero-order chi connectivity index (χ0) is 26.8. The molecule has 0 saturated carbocycles. The van der Waals surface area contributed by atoms with Crippen LogP contribution in [-0.4, -0.2) is 16.7 Å². The normalized spacial score (nSPS) is 18.8. The van der Waals surface area contributed by atoms with E-state index in [1.807, 2.05) is 72.8 Å². The number of anilines is 2. The number of hydrogen-bond donors (Lipinski definition) is 1. The van der Waals surface area contributed by atoms with E-state index in [4.69, 9.17) is 0 Å². The number of ketones is 1. The van der Waals surface area contributed by atoms with Crippen molar-refractivity contribution in [2.45, 2.75) is 31.7 Å². The first-order chi connectivity index (χ1) is 19.1. The molecule has 2 atom stereocenters. The van der Waals surface area contributed by atoms with E-state index in [0.717, 1.165) is 33.8 Å². The number of carbonyl (C=O) groups excluding carboxylic acids is 2. The van der Waals surface area contributed by atoms with Crippen molar-refractivity contribution in [3.63, 3.8) is 0 Å². The van der Waals surface area contributed by atoms with Crippen molar-refractivity contribution < 1.29 is 9.59 Å². The van der Waals surface area contributed by atoms with Gasteiger partial charge in [0, 0.05) is 36.2 Å². The summed E-state index contributed by atoms with van der Waals surface area (Å²) in [6.07, 6.45) is 7.93. The van der Waals surface area contributed by atoms with Crippen LogP contribution in [0.2, 0.25) is 0 Å². The van der Waals surface area contributed by atoms with Crippen LogP contribution in [0, 0.1) is 6.92 Å². The standard InChI is InChI=1S/C34H29N3O2/c1-23-13-16-25(17-14-23)27-20-29-33(31(38)21-27)34(26-10-7-19-35-22-26)37(30-12-6-5-11-28(30)36-29)32(39)18-15-24-8-3-2-4-9-24/h2-19,22,27,34,36H,20-21H2,1H3/b18-15+/t27-,34+/m0/s1. The number of aromatic nitrogens is 1. The van der Waals surface area contributed by atoms with Crippen molar-refractivity contribution >= 4 is 29.1 Å². The Labute approximate surface area is 228 Å². The Morgan fingerprint density at radius 3 is 2.44 bits per heavy atom. The zero-order valence-corrected chi connectivity index (χ0v) is 21.7. The molecular formula is C34H29N3O2.